The number of para-hydroxylation sites is 2. The molecule has 2 nitrogen and oxygen atoms in total. The summed E-state index contributed by atoms with van der Waals surface area (Å²) in [6.07, 6.45) is 19.4. The molecule has 0 saturated heterocycles. The molecular weight excluding hydrogens is 883 g/mol. The second-order valence-electron chi connectivity index (χ2n) is 21.2. The minimum Gasteiger partial charge on any atom is -0.456 e. The molecule has 2 aromatic heterocycles. The molecule has 0 saturated carbocycles. The van der Waals surface area contributed by atoms with Gasteiger partial charge in [0.05, 0.1) is 11.5 Å². The number of allylic oxidation sites excluding steroid dienone is 9. The van der Waals surface area contributed by atoms with Crippen molar-refractivity contribution in [2.45, 2.75) is 82.6 Å². The summed E-state index contributed by atoms with van der Waals surface area (Å²) in [5.41, 5.74) is 24.8. The highest BCUT2D eigenvalue weighted by Crippen LogP contribution is 2.66. The minimum atomic E-state index is -0.534. The lowest BCUT2D eigenvalue weighted by Gasteiger charge is -2.39. The Labute approximate surface area is 429 Å². The first-order valence-corrected chi connectivity index (χ1v) is 26.8. The Balaban J connectivity index is 0.978. The highest BCUT2D eigenvalue weighted by molar-refractivity contribution is 6.17. The molecule has 1 spiro atoms. The van der Waals surface area contributed by atoms with E-state index in [0.717, 1.165) is 49.7 Å². The Morgan fingerprint density at radius 2 is 1.33 bits per heavy atom. The quantitative estimate of drug-likeness (QED) is 0.126. The molecule has 8 aromatic carbocycles. The van der Waals surface area contributed by atoms with Crippen LogP contribution in [0, 0.1) is 0 Å². The first kappa shape index (κ1) is 43.8. The van der Waals surface area contributed by atoms with Crippen LogP contribution in [-0.4, -0.2) is 4.57 Å². The fourth-order valence-electron chi connectivity index (χ4n) is 14.4. The summed E-state index contributed by atoms with van der Waals surface area (Å²) in [5.74, 6) is 0. The number of rotatable bonds is 11. The molecule has 73 heavy (non-hydrogen) atoms. The van der Waals surface area contributed by atoms with E-state index in [1.165, 1.54) is 128 Å². The van der Waals surface area contributed by atoms with E-state index in [2.05, 4.69) is 226 Å². The summed E-state index contributed by atoms with van der Waals surface area (Å²) in [4.78, 5) is 0. The first-order valence-electron chi connectivity index (χ1n) is 26.8. The standard InChI is InChI=1S/C71H59NO/c1-5-8-25-49(72-63-36-15-11-28-52(63)53-29-12-16-37-64(53)72)43-45(21-6-2)46-23-17-24-47(42-46)48-40-41-55-62(44-48)71(57-31-13-9-26-50(57)51-27-10-14-32-58(51)71)61-35-19-33-59(67(55)61)70(4)56(22-7-3)54-30-18-38-65-68(54)69-60(70)34-20-39-66(69)73-65/h7,9,11-20,22-24,26,28-44,49H,3,5-6,8,10,21,25,27H2,1-2,4H3/b45-43+,56-22-. The number of benzene rings is 8. The third-order valence-corrected chi connectivity index (χ3v) is 17.4. The number of nitrogens with zero attached hydrogens (tertiary/aromatic N) is 1. The molecule has 14 rings (SSSR count). The molecule has 0 N–H and O–H groups in total. The summed E-state index contributed by atoms with van der Waals surface area (Å²) in [6.45, 7) is 11.4. The molecule has 0 fully saturated rings. The fraction of sp³-hybridized carbons (Fsp3) is 0.183. The van der Waals surface area contributed by atoms with Gasteiger partial charge in [-0.25, -0.2) is 0 Å². The van der Waals surface area contributed by atoms with Crippen LogP contribution in [0.1, 0.15) is 116 Å². The van der Waals surface area contributed by atoms with Gasteiger partial charge in [0.2, 0.25) is 0 Å². The van der Waals surface area contributed by atoms with Gasteiger partial charge in [-0.15, -0.1) is 0 Å². The zero-order chi connectivity index (χ0) is 49.0. The van der Waals surface area contributed by atoms with Crippen LogP contribution in [0.4, 0.5) is 0 Å². The number of aromatic nitrogens is 1. The number of hydrogen-bond donors (Lipinski definition) is 0. The maximum Gasteiger partial charge on any atom is 0.136 e. The lowest BCUT2D eigenvalue weighted by Crippen LogP contribution is -2.30. The highest BCUT2D eigenvalue weighted by Gasteiger charge is 2.54. The van der Waals surface area contributed by atoms with Crippen molar-refractivity contribution in [2.75, 3.05) is 0 Å². The molecule has 0 aliphatic heterocycles. The molecule has 354 valence electrons. The number of hydrogen-bond acceptors (Lipinski definition) is 1. The van der Waals surface area contributed by atoms with Crippen molar-refractivity contribution < 1.29 is 4.42 Å². The summed E-state index contributed by atoms with van der Waals surface area (Å²) in [5, 5.41) is 5.07. The van der Waals surface area contributed by atoms with E-state index in [0.29, 0.717) is 0 Å². The van der Waals surface area contributed by atoms with Crippen LogP contribution in [0.25, 0.3) is 82.7 Å². The summed E-state index contributed by atoms with van der Waals surface area (Å²) in [6, 6.07) is 64.9. The monoisotopic (exact) mass is 941 g/mol. The number of fused-ring (bicyclic) bond motifs is 12. The number of furan rings is 1. The highest BCUT2D eigenvalue weighted by atomic mass is 16.3. The van der Waals surface area contributed by atoms with Gasteiger partial charge in [0, 0.05) is 38.0 Å². The molecule has 0 amide bonds. The maximum absolute atomic E-state index is 6.64. The summed E-state index contributed by atoms with van der Waals surface area (Å²) >= 11 is 0. The van der Waals surface area contributed by atoms with Gasteiger partial charge < -0.3 is 8.98 Å². The van der Waals surface area contributed by atoms with Crippen LogP contribution in [0.2, 0.25) is 0 Å². The predicted octanol–water partition coefficient (Wildman–Crippen LogP) is 19.3. The van der Waals surface area contributed by atoms with E-state index >= 15 is 0 Å². The first-order chi connectivity index (χ1) is 36.0. The van der Waals surface area contributed by atoms with Gasteiger partial charge in [0.25, 0.3) is 0 Å². The van der Waals surface area contributed by atoms with Crippen LogP contribution in [-0.2, 0) is 10.8 Å². The molecule has 0 radical (unpaired) electrons. The smallest absolute Gasteiger partial charge is 0.136 e. The largest absolute Gasteiger partial charge is 0.456 e. The Bertz CT molecular complexity index is 4030. The normalized spacial score (nSPS) is 19.4. The minimum absolute atomic E-state index is 0.226. The van der Waals surface area contributed by atoms with Crippen LogP contribution in [0.3, 0.4) is 0 Å². The molecule has 4 aliphatic rings. The zero-order valence-corrected chi connectivity index (χ0v) is 42.1. The van der Waals surface area contributed by atoms with E-state index in [1.54, 1.807) is 0 Å². The third-order valence-electron chi connectivity index (χ3n) is 17.4. The second kappa shape index (κ2) is 16.8. The molecule has 4 aliphatic carbocycles. The van der Waals surface area contributed by atoms with Crippen molar-refractivity contribution >= 4 is 60.5 Å². The molecule has 2 heterocycles. The van der Waals surface area contributed by atoms with Crippen molar-refractivity contribution in [3.63, 3.8) is 0 Å². The van der Waals surface area contributed by atoms with Crippen LogP contribution in [0.5, 0.6) is 0 Å². The molecule has 3 unspecified atom stereocenters. The molecule has 10 aromatic rings. The van der Waals surface area contributed by atoms with E-state index in [4.69, 9.17) is 4.42 Å². The third kappa shape index (κ3) is 6.10. The topological polar surface area (TPSA) is 18.1 Å². The van der Waals surface area contributed by atoms with Crippen molar-refractivity contribution in [2.24, 2.45) is 0 Å². The van der Waals surface area contributed by atoms with Gasteiger partial charge in [-0.05, 0) is 158 Å². The molecular formula is C71H59NO. The van der Waals surface area contributed by atoms with E-state index in [-0.39, 0.29) is 6.04 Å². The van der Waals surface area contributed by atoms with Crippen LogP contribution < -0.4 is 0 Å². The van der Waals surface area contributed by atoms with E-state index in [1.807, 2.05) is 6.08 Å². The molecule has 2 heteroatoms. The van der Waals surface area contributed by atoms with Gasteiger partial charge in [0.1, 0.15) is 11.2 Å². The Hall–Kier alpha value is -7.94. The maximum atomic E-state index is 6.64. The number of unbranched alkanes of at least 4 members (excludes halogenated alkanes) is 1. The average Bonchev–Trinajstić information content (AvgIpc) is 4.17. The van der Waals surface area contributed by atoms with Crippen molar-refractivity contribution in [1.82, 2.24) is 4.57 Å². The van der Waals surface area contributed by atoms with Gasteiger partial charge in [0.15, 0.2) is 0 Å². The Kier molecular flexibility index (Phi) is 10.1. The molecule has 3 atom stereocenters. The zero-order valence-electron chi connectivity index (χ0n) is 42.1. The Morgan fingerprint density at radius 1 is 0.644 bits per heavy atom. The SMILES string of the molecule is C=C/C=C1/c2cccc3oc4cccc(c4c23)C1(C)c1cccc2c1-c1ccc(-c3cccc(/C(=C/C(CCCC)n4c5ccccc5c5ccccc54)CCC)c3)cc1C21C2=C(CCC=C2)c2ccccc21. The van der Waals surface area contributed by atoms with Gasteiger partial charge in [-0.1, -0.05) is 204 Å². The van der Waals surface area contributed by atoms with Crippen molar-refractivity contribution in [3.8, 4) is 22.3 Å². The summed E-state index contributed by atoms with van der Waals surface area (Å²) < 4.78 is 9.27. The van der Waals surface area contributed by atoms with Crippen molar-refractivity contribution in [3.05, 3.63) is 257 Å². The van der Waals surface area contributed by atoms with E-state index in [9.17, 15) is 0 Å². The van der Waals surface area contributed by atoms with E-state index < -0.39 is 10.8 Å². The summed E-state index contributed by atoms with van der Waals surface area (Å²) in [7, 11) is 0. The van der Waals surface area contributed by atoms with Gasteiger partial charge in [-0.3, -0.25) is 0 Å². The van der Waals surface area contributed by atoms with Crippen LogP contribution >= 0.6 is 0 Å². The second-order valence-corrected chi connectivity index (χ2v) is 21.2. The van der Waals surface area contributed by atoms with Crippen LogP contribution in [0.15, 0.2) is 217 Å². The lowest BCUT2D eigenvalue weighted by atomic mass is 9.62. The average molecular weight is 942 g/mol. The fourth-order valence-corrected chi connectivity index (χ4v) is 14.4. The Morgan fingerprint density at radius 3 is 2.14 bits per heavy atom. The van der Waals surface area contributed by atoms with Gasteiger partial charge >= 0.3 is 0 Å². The predicted molar refractivity (Wildman–Crippen MR) is 308 cm³/mol. The molecule has 0 bridgehead atoms. The van der Waals surface area contributed by atoms with Gasteiger partial charge in [-0.2, -0.15) is 0 Å². The van der Waals surface area contributed by atoms with Crippen molar-refractivity contribution in [1.29, 1.82) is 0 Å². The lowest BCUT2D eigenvalue weighted by molar-refractivity contribution is 0.555.